The second-order valence-electron chi connectivity index (χ2n) is 10.00. The van der Waals surface area contributed by atoms with E-state index in [0.29, 0.717) is 30.8 Å². The highest BCUT2D eigenvalue weighted by Gasteiger charge is 2.28. The minimum Gasteiger partial charge on any atom is -0.496 e. The van der Waals surface area contributed by atoms with E-state index in [1.165, 1.54) is 11.8 Å². The first-order valence-corrected chi connectivity index (χ1v) is 12.1. The fourth-order valence-electron chi connectivity index (χ4n) is 3.90. The molecule has 1 N–H and O–H groups in total. The van der Waals surface area contributed by atoms with Gasteiger partial charge in [0, 0.05) is 32.0 Å². The van der Waals surface area contributed by atoms with Crippen LogP contribution in [0.25, 0.3) is 0 Å². The highest BCUT2D eigenvalue weighted by Crippen LogP contribution is 2.27. The van der Waals surface area contributed by atoms with Crippen LogP contribution < -0.4 is 10.1 Å². The monoisotopic (exact) mass is 506 g/mol. The number of nitrogens with zero attached hydrogens (tertiary/aromatic N) is 1. The van der Waals surface area contributed by atoms with Gasteiger partial charge >= 0.3 is 18.2 Å². The van der Waals surface area contributed by atoms with Gasteiger partial charge in [-0.1, -0.05) is 0 Å². The quantitative estimate of drug-likeness (QED) is 0.317. The largest absolute Gasteiger partial charge is 0.496 e. The SMILES string of the molecule is COc1cc(C(=O)CC2CCCN(C(=O)OC(C)OC(=O)CNC(=O)OC(C)(C)C)C2)cc(C)c1C. The van der Waals surface area contributed by atoms with Crippen LogP contribution in [0.2, 0.25) is 0 Å². The van der Waals surface area contributed by atoms with Crippen molar-refractivity contribution in [3.8, 4) is 5.75 Å². The summed E-state index contributed by atoms with van der Waals surface area (Å²) in [7, 11) is 1.58. The molecular formula is C26H38N2O8. The number of ketones is 1. The summed E-state index contributed by atoms with van der Waals surface area (Å²) in [5.74, 6) is -0.109. The summed E-state index contributed by atoms with van der Waals surface area (Å²) >= 11 is 0. The number of alkyl carbamates (subject to hydrolysis) is 1. The molecule has 0 aliphatic carbocycles. The molecule has 10 heteroatoms. The number of Topliss-reactive ketones (excluding diaryl/α,β-unsaturated/α-hetero) is 1. The molecule has 36 heavy (non-hydrogen) atoms. The molecule has 0 aromatic heterocycles. The number of amides is 2. The number of piperidine rings is 1. The van der Waals surface area contributed by atoms with Crippen LogP contribution in [0.15, 0.2) is 12.1 Å². The number of aryl methyl sites for hydroxylation is 1. The van der Waals surface area contributed by atoms with E-state index >= 15 is 0 Å². The van der Waals surface area contributed by atoms with Crippen LogP contribution in [0, 0.1) is 19.8 Å². The highest BCUT2D eigenvalue weighted by molar-refractivity contribution is 5.97. The zero-order chi connectivity index (χ0) is 27.0. The number of ether oxygens (including phenoxy) is 4. The summed E-state index contributed by atoms with van der Waals surface area (Å²) in [5.41, 5.74) is 1.88. The van der Waals surface area contributed by atoms with Gasteiger partial charge in [-0.25, -0.2) is 9.59 Å². The number of carbonyl (C=O) groups excluding carboxylic acids is 4. The number of carbonyl (C=O) groups is 4. The van der Waals surface area contributed by atoms with E-state index < -0.39 is 36.6 Å². The zero-order valence-electron chi connectivity index (χ0n) is 22.3. The third-order valence-electron chi connectivity index (χ3n) is 5.75. The third-order valence-corrected chi connectivity index (χ3v) is 5.75. The molecule has 2 unspecified atom stereocenters. The Morgan fingerprint density at radius 2 is 1.83 bits per heavy atom. The Bertz CT molecular complexity index is 969. The van der Waals surface area contributed by atoms with Gasteiger partial charge in [-0.15, -0.1) is 0 Å². The molecule has 10 nitrogen and oxygen atoms in total. The molecule has 200 valence electrons. The third kappa shape index (κ3) is 9.05. The summed E-state index contributed by atoms with van der Waals surface area (Å²) < 4.78 is 20.7. The first-order chi connectivity index (χ1) is 16.8. The lowest BCUT2D eigenvalue weighted by Crippen LogP contribution is -2.42. The second kappa shape index (κ2) is 12.6. The maximum Gasteiger partial charge on any atom is 0.412 e. The summed E-state index contributed by atoms with van der Waals surface area (Å²) in [6.45, 7) is 10.8. The minimum absolute atomic E-state index is 0.00333. The summed E-state index contributed by atoms with van der Waals surface area (Å²) in [6, 6.07) is 3.62. The van der Waals surface area contributed by atoms with Gasteiger partial charge in [0.15, 0.2) is 5.78 Å². The molecule has 0 saturated carbocycles. The maximum atomic E-state index is 12.9. The van der Waals surface area contributed by atoms with Gasteiger partial charge in [0.25, 0.3) is 0 Å². The Morgan fingerprint density at radius 1 is 1.14 bits per heavy atom. The zero-order valence-corrected chi connectivity index (χ0v) is 22.3. The Kier molecular flexibility index (Phi) is 10.1. The molecule has 2 rings (SSSR count). The van der Waals surface area contributed by atoms with Crippen molar-refractivity contribution < 1.29 is 38.1 Å². The van der Waals surface area contributed by atoms with E-state index in [2.05, 4.69) is 5.32 Å². The molecule has 2 amide bonds. The van der Waals surface area contributed by atoms with Gasteiger partial charge in [0.05, 0.1) is 7.11 Å². The molecular weight excluding hydrogens is 468 g/mol. The summed E-state index contributed by atoms with van der Waals surface area (Å²) in [6.07, 6.45) is -0.667. The molecule has 1 fully saturated rings. The van der Waals surface area contributed by atoms with Gasteiger partial charge in [0.2, 0.25) is 6.29 Å². The van der Waals surface area contributed by atoms with E-state index in [0.717, 1.165) is 24.0 Å². The number of methoxy groups -OCH3 is 1. The van der Waals surface area contributed by atoms with E-state index in [-0.39, 0.29) is 11.7 Å². The molecule has 1 saturated heterocycles. The average molecular weight is 507 g/mol. The summed E-state index contributed by atoms with van der Waals surface area (Å²) in [4.78, 5) is 50.6. The van der Waals surface area contributed by atoms with Crippen LogP contribution in [-0.2, 0) is 19.0 Å². The number of hydrogen-bond donors (Lipinski definition) is 1. The normalized spacial score (nSPS) is 16.5. The number of hydrogen-bond acceptors (Lipinski definition) is 8. The topological polar surface area (TPSA) is 120 Å². The van der Waals surface area contributed by atoms with Gasteiger partial charge in [-0.05, 0) is 76.6 Å². The van der Waals surface area contributed by atoms with Crippen molar-refractivity contribution in [1.29, 1.82) is 0 Å². The molecule has 1 aliphatic heterocycles. The molecule has 1 aromatic rings. The van der Waals surface area contributed by atoms with Gasteiger partial charge in [-0.2, -0.15) is 0 Å². The smallest absolute Gasteiger partial charge is 0.412 e. The first-order valence-electron chi connectivity index (χ1n) is 12.1. The van der Waals surface area contributed by atoms with Crippen LogP contribution in [0.4, 0.5) is 9.59 Å². The van der Waals surface area contributed by atoms with E-state index in [1.807, 2.05) is 19.9 Å². The van der Waals surface area contributed by atoms with E-state index in [9.17, 15) is 19.2 Å². The van der Waals surface area contributed by atoms with Crippen molar-refractivity contribution in [1.82, 2.24) is 10.2 Å². The van der Waals surface area contributed by atoms with Gasteiger partial charge in [0.1, 0.15) is 17.9 Å². The second-order valence-corrected chi connectivity index (χ2v) is 10.00. The molecule has 1 aromatic carbocycles. The molecule has 2 atom stereocenters. The van der Waals surface area contributed by atoms with E-state index in [4.69, 9.17) is 18.9 Å². The van der Waals surface area contributed by atoms with Crippen molar-refractivity contribution in [2.75, 3.05) is 26.7 Å². The van der Waals surface area contributed by atoms with Crippen molar-refractivity contribution in [2.45, 2.75) is 72.7 Å². The fourth-order valence-corrected chi connectivity index (χ4v) is 3.90. The Balaban J connectivity index is 1.83. The predicted octanol–water partition coefficient (Wildman–Crippen LogP) is 4.15. The molecule has 0 radical (unpaired) electrons. The number of esters is 1. The van der Waals surface area contributed by atoms with Gasteiger partial charge < -0.3 is 29.2 Å². The van der Waals surface area contributed by atoms with E-state index in [1.54, 1.807) is 33.9 Å². The minimum atomic E-state index is -1.14. The number of nitrogens with one attached hydrogen (secondary N) is 1. The lowest BCUT2D eigenvalue weighted by Gasteiger charge is -2.32. The number of likely N-dealkylation sites (tertiary alicyclic amines) is 1. The van der Waals surface area contributed by atoms with Gasteiger partial charge in [-0.3, -0.25) is 9.59 Å². The van der Waals surface area contributed by atoms with Crippen LogP contribution >= 0.6 is 0 Å². The first kappa shape index (κ1) is 28.9. The maximum absolute atomic E-state index is 12.9. The fraction of sp³-hybridized carbons (Fsp3) is 0.615. The van der Waals surface area contributed by atoms with Crippen molar-refractivity contribution >= 4 is 23.9 Å². The molecule has 0 bridgehead atoms. The summed E-state index contributed by atoms with van der Waals surface area (Å²) in [5, 5.41) is 2.29. The van der Waals surface area contributed by atoms with Crippen molar-refractivity contribution in [3.63, 3.8) is 0 Å². The van der Waals surface area contributed by atoms with Crippen LogP contribution in [0.1, 0.15) is 68.4 Å². The Labute approximate surface area is 212 Å². The number of rotatable bonds is 8. The Hall–Kier alpha value is -3.30. The Morgan fingerprint density at radius 3 is 2.47 bits per heavy atom. The lowest BCUT2D eigenvalue weighted by atomic mass is 9.90. The highest BCUT2D eigenvalue weighted by atomic mass is 16.7. The lowest BCUT2D eigenvalue weighted by molar-refractivity contribution is -0.165. The van der Waals surface area contributed by atoms with Crippen molar-refractivity contribution in [2.24, 2.45) is 5.92 Å². The standard InChI is InChI=1S/C26H38N2O8/c1-16-11-20(13-22(33-7)17(16)2)21(29)12-19-9-8-10-28(15-19)25(32)35-18(3)34-23(30)14-27-24(31)36-26(4,5)6/h11,13,18-19H,8-10,12,14-15H2,1-7H3,(H,27,31). The van der Waals surface area contributed by atoms with Crippen LogP contribution in [-0.4, -0.2) is 67.5 Å². The van der Waals surface area contributed by atoms with Crippen molar-refractivity contribution in [3.05, 3.63) is 28.8 Å². The average Bonchev–Trinajstić information content (AvgIpc) is 2.78. The number of benzene rings is 1. The molecule has 1 heterocycles. The molecule has 0 spiro atoms. The van der Waals surface area contributed by atoms with Crippen LogP contribution in [0.3, 0.4) is 0 Å². The molecule has 1 aliphatic rings. The predicted molar refractivity (Wildman–Crippen MR) is 132 cm³/mol. The van der Waals surface area contributed by atoms with Crippen LogP contribution in [0.5, 0.6) is 5.75 Å².